The van der Waals surface area contributed by atoms with Crippen molar-refractivity contribution in [3.8, 4) is 0 Å². The Bertz CT molecular complexity index is 434. The number of carbonyl (C=O) groups is 1. The van der Waals surface area contributed by atoms with Crippen LogP contribution in [0.15, 0.2) is 18.6 Å². The van der Waals surface area contributed by atoms with Crippen molar-refractivity contribution in [2.24, 2.45) is 0 Å². The van der Waals surface area contributed by atoms with E-state index in [4.69, 9.17) is 9.47 Å². The molecule has 0 saturated heterocycles. The van der Waals surface area contributed by atoms with Crippen LogP contribution in [0.3, 0.4) is 0 Å². The lowest BCUT2D eigenvalue weighted by Crippen LogP contribution is -2.42. The van der Waals surface area contributed by atoms with Crippen LogP contribution in [-0.4, -0.2) is 59.9 Å². The number of hydrogen-bond donors (Lipinski definition) is 1. The Labute approximate surface area is 132 Å². The molecule has 0 fully saturated rings. The van der Waals surface area contributed by atoms with Gasteiger partial charge in [-0.05, 0) is 20.8 Å². The van der Waals surface area contributed by atoms with Crippen LogP contribution in [0, 0.1) is 0 Å². The lowest BCUT2D eigenvalue weighted by molar-refractivity contribution is 0.0204. The van der Waals surface area contributed by atoms with Gasteiger partial charge in [-0.3, -0.25) is 9.97 Å². The van der Waals surface area contributed by atoms with Gasteiger partial charge in [-0.2, -0.15) is 0 Å². The maximum absolute atomic E-state index is 12.1. The second kappa shape index (κ2) is 9.32. The molecular formula is C15H26N4O3. The van der Waals surface area contributed by atoms with Crippen molar-refractivity contribution >= 4 is 6.09 Å². The molecule has 7 heteroatoms. The summed E-state index contributed by atoms with van der Waals surface area (Å²) in [7, 11) is 1.61. The standard InChI is InChI=1S/C15H26N4O3/c1-15(2,3)22-14(20)19(9-10-21-4)8-7-17-12-13-11-16-5-6-18-13/h5-6,11,17H,7-10,12H2,1-4H3. The molecule has 0 atom stereocenters. The third-order valence-corrected chi connectivity index (χ3v) is 2.70. The monoisotopic (exact) mass is 310 g/mol. The van der Waals surface area contributed by atoms with Crippen LogP contribution in [0.25, 0.3) is 0 Å². The van der Waals surface area contributed by atoms with E-state index in [9.17, 15) is 4.79 Å². The molecule has 0 aliphatic heterocycles. The van der Waals surface area contributed by atoms with Gasteiger partial charge in [0.1, 0.15) is 5.60 Å². The Kier molecular flexibility index (Phi) is 7.76. The predicted octanol–water partition coefficient (Wildman–Crippen LogP) is 1.45. The highest BCUT2D eigenvalue weighted by Crippen LogP contribution is 2.09. The molecule has 0 aliphatic carbocycles. The van der Waals surface area contributed by atoms with Crippen molar-refractivity contribution in [2.75, 3.05) is 33.4 Å². The van der Waals surface area contributed by atoms with Crippen molar-refractivity contribution in [1.82, 2.24) is 20.2 Å². The molecule has 0 aliphatic rings. The Morgan fingerprint density at radius 3 is 2.68 bits per heavy atom. The normalized spacial score (nSPS) is 11.3. The number of carbonyl (C=O) groups excluding carboxylic acids is 1. The van der Waals surface area contributed by atoms with Crippen LogP contribution in [0.1, 0.15) is 26.5 Å². The van der Waals surface area contributed by atoms with E-state index in [2.05, 4.69) is 15.3 Å². The minimum absolute atomic E-state index is 0.328. The van der Waals surface area contributed by atoms with E-state index in [0.29, 0.717) is 32.8 Å². The average Bonchev–Trinajstić information content (AvgIpc) is 2.45. The molecule has 1 rings (SSSR count). The second-order valence-corrected chi connectivity index (χ2v) is 5.83. The second-order valence-electron chi connectivity index (χ2n) is 5.83. The number of amides is 1. The van der Waals surface area contributed by atoms with Gasteiger partial charge in [0.25, 0.3) is 0 Å². The molecule has 22 heavy (non-hydrogen) atoms. The third kappa shape index (κ3) is 7.90. The van der Waals surface area contributed by atoms with Crippen molar-refractivity contribution in [2.45, 2.75) is 32.9 Å². The molecule has 1 aromatic rings. The van der Waals surface area contributed by atoms with E-state index in [-0.39, 0.29) is 6.09 Å². The summed E-state index contributed by atoms with van der Waals surface area (Å²) in [4.78, 5) is 21.9. The van der Waals surface area contributed by atoms with Crippen LogP contribution in [0.2, 0.25) is 0 Å². The number of aromatic nitrogens is 2. The zero-order valence-electron chi connectivity index (χ0n) is 13.8. The Hall–Kier alpha value is -1.73. The summed E-state index contributed by atoms with van der Waals surface area (Å²) in [5.41, 5.74) is 0.360. The van der Waals surface area contributed by atoms with E-state index >= 15 is 0 Å². The zero-order valence-corrected chi connectivity index (χ0v) is 13.8. The first-order chi connectivity index (χ1) is 10.4. The lowest BCUT2D eigenvalue weighted by Gasteiger charge is -2.27. The zero-order chi connectivity index (χ0) is 16.4. The summed E-state index contributed by atoms with van der Waals surface area (Å²) < 4.78 is 10.4. The number of methoxy groups -OCH3 is 1. The van der Waals surface area contributed by atoms with Crippen molar-refractivity contribution < 1.29 is 14.3 Å². The van der Waals surface area contributed by atoms with Gasteiger partial charge in [-0.25, -0.2) is 4.79 Å². The Balaban J connectivity index is 2.39. The van der Waals surface area contributed by atoms with Crippen LogP contribution in [-0.2, 0) is 16.0 Å². The molecule has 1 N–H and O–H groups in total. The molecule has 0 aromatic carbocycles. The molecule has 1 aromatic heterocycles. The molecule has 1 heterocycles. The van der Waals surface area contributed by atoms with E-state index in [0.717, 1.165) is 5.69 Å². The molecule has 7 nitrogen and oxygen atoms in total. The largest absolute Gasteiger partial charge is 0.444 e. The number of nitrogens with zero attached hydrogens (tertiary/aromatic N) is 3. The van der Waals surface area contributed by atoms with Crippen molar-refractivity contribution in [3.63, 3.8) is 0 Å². The third-order valence-electron chi connectivity index (χ3n) is 2.70. The Morgan fingerprint density at radius 1 is 1.32 bits per heavy atom. The van der Waals surface area contributed by atoms with Crippen LogP contribution < -0.4 is 5.32 Å². The first-order valence-electron chi connectivity index (χ1n) is 7.35. The molecule has 1 amide bonds. The summed E-state index contributed by atoms with van der Waals surface area (Å²) in [5.74, 6) is 0. The van der Waals surface area contributed by atoms with Crippen molar-refractivity contribution in [1.29, 1.82) is 0 Å². The highest BCUT2D eigenvalue weighted by atomic mass is 16.6. The number of ether oxygens (including phenoxy) is 2. The number of rotatable bonds is 8. The van der Waals surface area contributed by atoms with Gasteiger partial charge in [-0.1, -0.05) is 0 Å². The van der Waals surface area contributed by atoms with Gasteiger partial charge < -0.3 is 19.7 Å². The van der Waals surface area contributed by atoms with Crippen LogP contribution >= 0.6 is 0 Å². The van der Waals surface area contributed by atoms with E-state index in [1.54, 1.807) is 30.6 Å². The fourth-order valence-electron chi connectivity index (χ4n) is 1.67. The minimum atomic E-state index is -0.505. The highest BCUT2D eigenvalue weighted by Gasteiger charge is 2.21. The molecular weight excluding hydrogens is 284 g/mol. The first kappa shape index (κ1) is 18.3. The van der Waals surface area contributed by atoms with E-state index in [1.807, 2.05) is 20.8 Å². The maximum Gasteiger partial charge on any atom is 0.410 e. The van der Waals surface area contributed by atoms with Gasteiger partial charge in [0, 0.05) is 51.9 Å². The van der Waals surface area contributed by atoms with Crippen molar-refractivity contribution in [3.05, 3.63) is 24.3 Å². The number of nitrogens with one attached hydrogen (secondary N) is 1. The van der Waals surface area contributed by atoms with Crippen LogP contribution in [0.5, 0.6) is 0 Å². The van der Waals surface area contributed by atoms with E-state index < -0.39 is 5.60 Å². The molecule has 0 saturated carbocycles. The SMILES string of the molecule is COCCN(CCNCc1cnccn1)C(=O)OC(C)(C)C. The van der Waals surface area contributed by atoms with Crippen LogP contribution in [0.4, 0.5) is 4.79 Å². The number of hydrogen-bond acceptors (Lipinski definition) is 6. The summed E-state index contributed by atoms with van der Waals surface area (Å²) in [5, 5.41) is 3.23. The fourth-order valence-corrected chi connectivity index (χ4v) is 1.67. The van der Waals surface area contributed by atoms with E-state index in [1.165, 1.54) is 0 Å². The van der Waals surface area contributed by atoms with Gasteiger partial charge >= 0.3 is 6.09 Å². The first-order valence-corrected chi connectivity index (χ1v) is 7.35. The molecule has 0 unspecified atom stereocenters. The average molecular weight is 310 g/mol. The highest BCUT2D eigenvalue weighted by molar-refractivity contribution is 5.68. The van der Waals surface area contributed by atoms with Gasteiger partial charge in [0.15, 0.2) is 0 Å². The summed E-state index contributed by atoms with van der Waals surface area (Å²) in [6.07, 6.45) is 4.68. The topological polar surface area (TPSA) is 76.6 Å². The Morgan fingerprint density at radius 2 is 2.09 bits per heavy atom. The van der Waals surface area contributed by atoms with Gasteiger partial charge in [-0.15, -0.1) is 0 Å². The summed E-state index contributed by atoms with van der Waals surface area (Å²) >= 11 is 0. The molecule has 0 radical (unpaired) electrons. The summed E-state index contributed by atoms with van der Waals surface area (Å²) in [6.45, 7) is 8.32. The molecule has 124 valence electrons. The van der Waals surface area contributed by atoms with Gasteiger partial charge in [0.2, 0.25) is 0 Å². The molecule has 0 spiro atoms. The smallest absolute Gasteiger partial charge is 0.410 e. The van der Waals surface area contributed by atoms with Gasteiger partial charge in [0.05, 0.1) is 12.3 Å². The minimum Gasteiger partial charge on any atom is -0.444 e. The predicted molar refractivity (Wildman–Crippen MR) is 83.4 cm³/mol. The fraction of sp³-hybridized carbons (Fsp3) is 0.667. The summed E-state index contributed by atoms with van der Waals surface area (Å²) in [6, 6.07) is 0. The lowest BCUT2D eigenvalue weighted by atomic mass is 10.2. The maximum atomic E-state index is 12.1. The quantitative estimate of drug-likeness (QED) is 0.732. The molecule has 0 bridgehead atoms.